The average molecular weight is 257 g/mol. The second-order valence-corrected chi connectivity index (χ2v) is 5.43. The summed E-state index contributed by atoms with van der Waals surface area (Å²) in [5.74, 6) is 0. The van der Waals surface area contributed by atoms with Crippen LogP contribution in [-0.4, -0.2) is 19.4 Å². The Morgan fingerprint density at radius 3 is 2.53 bits per heavy atom. The van der Waals surface area contributed by atoms with Crippen LogP contribution in [0.5, 0.6) is 0 Å². The summed E-state index contributed by atoms with van der Waals surface area (Å²) in [6.45, 7) is 0. The maximum absolute atomic E-state index is 11.3. The molecule has 0 bridgehead atoms. The Balaban J connectivity index is 2.47. The van der Waals surface area contributed by atoms with E-state index in [4.69, 9.17) is 5.14 Å². The third-order valence-electron chi connectivity index (χ3n) is 2.42. The minimum Gasteiger partial charge on any atom is -0.381 e. The molecule has 8 heteroatoms. The normalized spacial score (nSPS) is 15.6. The molecule has 0 atom stereocenters. The highest BCUT2D eigenvalue weighted by molar-refractivity contribution is 7.89. The summed E-state index contributed by atoms with van der Waals surface area (Å²) in [5, 5.41) is 18.6. The van der Waals surface area contributed by atoms with E-state index in [1.54, 1.807) is 0 Å². The van der Waals surface area contributed by atoms with Gasteiger partial charge >= 0.3 is 0 Å². The van der Waals surface area contributed by atoms with Crippen LogP contribution < -0.4 is 10.5 Å². The van der Waals surface area contributed by atoms with Crippen molar-refractivity contribution in [3.63, 3.8) is 0 Å². The van der Waals surface area contributed by atoms with Gasteiger partial charge in [-0.3, -0.25) is 10.1 Å². The number of rotatable bonds is 4. The van der Waals surface area contributed by atoms with Gasteiger partial charge in [-0.1, -0.05) is 0 Å². The molecule has 0 unspecified atom stereocenters. The minimum absolute atomic E-state index is 0.233. The minimum atomic E-state index is -3.97. The molecule has 1 aliphatic carbocycles. The van der Waals surface area contributed by atoms with Gasteiger partial charge in [-0.2, -0.15) is 0 Å². The predicted octanol–water partition coefficient (Wildman–Crippen LogP) is 0.817. The lowest BCUT2D eigenvalue weighted by molar-refractivity contribution is -0.385. The zero-order valence-electron chi connectivity index (χ0n) is 8.79. The van der Waals surface area contributed by atoms with Gasteiger partial charge in [-0.25, -0.2) is 13.6 Å². The van der Waals surface area contributed by atoms with Crippen LogP contribution >= 0.6 is 0 Å². The molecule has 0 saturated heterocycles. The summed E-state index contributed by atoms with van der Waals surface area (Å²) < 4.78 is 22.7. The first kappa shape index (κ1) is 11.8. The Hall–Kier alpha value is -1.67. The number of hydrogen-bond donors (Lipinski definition) is 2. The Kier molecular flexibility index (Phi) is 2.76. The van der Waals surface area contributed by atoms with Gasteiger partial charge in [0, 0.05) is 18.2 Å². The molecule has 0 amide bonds. The Morgan fingerprint density at radius 1 is 1.41 bits per heavy atom. The topological polar surface area (TPSA) is 115 Å². The van der Waals surface area contributed by atoms with Crippen molar-refractivity contribution < 1.29 is 13.3 Å². The molecule has 17 heavy (non-hydrogen) atoms. The average Bonchev–Trinajstić information content (AvgIpc) is 3.00. The van der Waals surface area contributed by atoms with E-state index in [0.29, 0.717) is 5.69 Å². The third kappa shape index (κ3) is 2.71. The summed E-state index contributed by atoms with van der Waals surface area (Å²) in [5.41, 5.74) is 0.0240. The van der Waals surface area contributed by atoms with Crippen molar-refractivity contribution in [3.8, 4) is 0 Å². The van der Waals surface area contributed by atoms with E-state index in [0.717, 1.165) is 18.9 Å². The lowest BCUT2D eigenvalue weighted by Crippen LogP contribution is -2.16. The molecule has 1 aliphatic rings. The molecular weight excluding hydrogens is 246 g/mol. The zero-order chi connectivity index (χ0) is 12.6. The molecular formula is C9H11N3O4S. The predicted molar refractivity (Wildman–Crippen MR) is 61.1 cm³/mol. The van der Waals surface area contributed by atoms with Crippen LogP contribution in [0.3, 0.4) is 0 Å². The summed E-state index contributed by atoms with van der Waals surface area (Å²) in [7, 11) is -3.97. The number of primary sulfonamides is 1. The summed E-state index contributed by atoms with van der Waals surface area (Å²) in [4.78, 5) is 9.68. The SMILES string of the molecule is NS(=O)(=O)c1cc([N+](=O)[O-])ccc1NC1CC1. The number of nitro groups is 1. The maximum Gasteiger partial charge on any atom is 0.270 e. The first-order chi connectivity index (χ1) is 7.88. The molecule has 1 aromatic rings. The van der Waals surface area contributed by atoms with Gasteiger partial charge in [-0.05, 0) is 18.9 Å². The van der Waals surface area contributed by atoms with Gasteiger partial charge in [0.25, 0.3) is 5.69 Å². The van der Waals surface area contributed by atoms with Crippen molar-refractivity contribution in [3.05, 3.63) is 28.3 Å². The molecule has 0 aliphatic heterocycles. The molecule has 1 fully saturated rings. The van der Waals surface area contributed by atoms with Crippen molar-refractivity contribution in [1.29, 1.82) is 0 Å². The first-order valence-electron chi connectivity index (χ1n) is 4.96. The lowest BCUT2D eigenvalue weighted by Gasteiger charge is -2.09. The number of sulfonamides is 1. The molecule has 1 aromatic carbocycles. The van der Waals surface area contributed by atoms with Gasteiger partial charge in [-0.15, -0.1) is 0 Å². The Morgan fingerprint density at radius 2 is 2.06 bits per heavy atom. The number of nitro benzene ring substituents is 1. The fraction of sp³-hybridized carbons (Fsp3) is 0.333. The smallest absolute Gasteiger partial charge is 0.270 e. The van der Waals surface area contributed by atoms with Gasteiger partial charge in [0.1, 0.15) is 4.90 Å². The fourth-order valence-corrected chi connectivity index (χ4v) is 2.15. The van der Waals surface area contributed by atoms with Crippen LogP contribution in [0, 0.1) is 10.1 Å². The Labute approximate surface area is 97.8 Å². The molecule has 0 aromatic heterocycles. The second kappa shape index (κ2) is 3.97. The highest BCUT2D eigenvalue weighted by atomic mass is 32.2. The molecule has 0 heterocycles. The van der Waals surface area contributed by atoms with E-state index in [-0.39, 0.29) is 16.6 Å². The summed E-state index contributed by atoms with van der Waals surface area (Å²) in [6, 6.07) is 3.83. The van der Waals surface area contributed by atoms with Gasteiger partial charge in [0.2, 0.25) is 10.0 Å². The fourth-order valence-electron chi connectivity index (χ4n) is 1.43. The van der Waals surface area contributed by atoms with Crippen LogP contribution in [0.15, 0.2) is 23.1 Å². The van der Waals surface area contributed by atoms with Crippen LogP contribution in [0.4, 0.5) is 11.4 Å². The van der Waals surface area contributed by atoms with Crippen molar-refractivity contribution in [2.45, 2.75) is 23.8 Å². The van der Waals surface area contributed by atoms with Crippen molar-refractivity contribution >= 4 is 21.4 Å². The number of nitrogens with two attached hydrogens (primary N) is 1. The number of nitrogens with one attached hydrogen (secondary N) is 1. The van der Waals surface area contributed by atoms with Crippen LogP contribution in [0.25, 0.3) is 0 Å². The lowest BCUT2D eigenvalue weighted by atomic mass is 10.3. The van der Waals surface area contributed by atoms with Crippen molar-refractivity contribution in [1.82, 2.24) is 0 Å². The van der Waals surface area contributed by atoms with E-state index in [9.17, 15) is 18.5 Å². The molecule has 92 valence electrons. The molecule has 2 rings (SSSR count). The third-order valence-corrected chi connectivity index (χ3v) is 3.37. The largest absolute Gasteiger partial charge is 0.381 e. The molecule has 7 nitrogen and oxygen atoms in total. The van der Waals surface area contributed by atoms with Crippen molar-refractivity contribution in [2.24, 2.45) is 5.14 Å². The standard InChI is InChI=1S/C9H11N3O4S/c10-17(15,16)9-5-7(12(13)14)3-4-8(9)11-6-1-2-6/h3-6,11H,1-2H2,(H2,10,15,16). The Bertz CT molecular complexity index is 566. The van der Waals surface area contributed by atoms with Gasteiger partial charge < -0.3 is 5.32 Å². The monoisotopic (exact) mass is 257 g/mol. The van der Waals surface area contributed by atoms with Crippen LogP contribution in [0.1, 0.15) is 12.8 Å². The van der Waals surface area contributed by atoms with Gasteiger partial charge in [0.05, 0.1) is 10.6 Å². The van der Waals surface area contributed by atoms with Gasteiger partial charge in [0.15, 0.2) is 0 Å². The first-order valence-corrected chi connectivity index (χ1v) is 6.50. The van der Waals surface area contributed by atoms with Crippen molar-refractivity contribution in [2.75, 3.05) is 5.32 Å². The summed E-state index contributed by atoms with van der Waals surface area (Å²) >= 11 is 0. The number of non-ortho nitro benzene ring substituents is 1. The van der Waals surface area contributed by atoms with E-state index >= 15 is 0 Å². The zero-order valence-corrected chi connectivity index (χ0v) is 9.61. The highest BCUT2D eigenvalue weighted by Crippen LogP contribution is 2.30. The van der Waals surface area contributed by atoms with E-state index in [1.807, 2.05) is 0 Å². The quantitative estimate of drug-likeness (QED) is 0.611. The molecule has 3 N–H and O–H groups in total. The van der Waals surface area contributed by atoms with Crippen LogP contribution in [-0.2, 0) is 10.0 Å². The molecule has 0 spiro atoms. The van der Waals surface area contributed by atoms with Crippen LogP contribution in [0.2, 0.25) is 0 Å². The maximum atomic E-state index is 11.3. The van der Waals surface area contributed by atoms with E-state index < -0.39 is 14.9 Å². The molecule has 1 saturated carbocycles. The van der Waals surface area contributed by atoms with E-state index in [2.05, 4.69) is 5.32 Å². The number of anilines is 1. The second-order valence-electron chi connectivity index (χ2n) is 3.90. The number of hydrogen-bond acceptors (Lipinski definition) is 5. The summed E-state index contributed by atoms with van der Waals surface area (Å²) in [6.07, 6.45) is 1.92. The molecule has 0 radical (unpaired) electrons. The highest BCUT2D eigenvalue weighted by Gasteiger charge is 2.25. The number of nitrogens with zero attached hydrogens (tertiary/aromatic N) is 1. The number of benzene rings is 1. The van der Waals surface area contributed by atoms with E-state index in [1.165, 1.54) is 12.1 Å².